The Balaban J connectivity index is 1.58. The Morgan fingerprint density at radius 2 is 2.12 bits per heavy atom. The Kier molecular flexibility index (Phi) is 5.57. The van der Waals surface area contributed by atoms with E-state index in [1.54, 1.807) is 11.3 Å². The molecular formula is C17H23N5OS. The summed E-state index contributed by atoms with van der Waals surface area (Å²) in [5.74, 6) is -0.00730. The highest BCUT2D eigenvalue weighted by Gasteiger charge is 2.16. The van der Waals surface area contributed by atoms with Crippen LogP contribution in [0.4, 0.5) is 0 Å². The molecule has 1 amide bonds. The molecule has 1 aliphatic rings. The molecule has 0 aliphatic carbocycles. The Bertz CT molecular complexity index is 694. The zero-order chi connectivity index (χ0) is 16.9. The van der Waals surface area contributed by atoms with E-state index in [1.165, 1.54) is 0 Å². The number of nitrogens with one attached hydrogen (secondary N) is 1. The van der Waals surface area contributed by atoms with E-state index in [0.717, 1.165) is 48.0 Å². The second kappa shape index (κ2) is 7.85. The number of nitrogens with zero attached hydrogens (tertiary/aromatic N) is 3. The van der Waals surface area contributed by atoms with Gasteiger partial charge in [0.25, 0.3) is 0 Å². The molecule has 6 nitrogen and oxygen atoms in total. The van der Waals surface area contributed by atoms with Gasteiger partial charge in [0, 0.05) is 43.7 Å². The van der Waals surface area contributed by atoms with Crippen molar-refractivity contribution in [3.8, 4) is 10.6 Å². The first kappa shape index (κ1) is 17.0. The number of benzene rings is 1. The van der Waals surface area contributed by atoms with Crippen LogP contribution in [0, 0.1) is 0 Å². The first-order chi connectivity index (χ1) is 11.6. The van der Waals surface area contributed by atoms with Crippen LogP contribution in [0.15, 0.2) is 29.6 Å². The molecule has 7 heteroatoms. The van der Waals surface area contributed by atoms with Gasteiger partial charge in [-0.05, 0) is 18.7 Å². The summed E-state index contributed by atoms with van der Waals surface area (Å²) < 4.78 is 0. The van der Waals surface area contributed by atoms with Crippen LogP contribution in [0.2, 0.25) is 0 Å². The van der Waals surface area contributed by atoms with E-state index < -0.39 is 0 Å². The van der Waals surface area contributed by atoms with Gasteiger partial charge in [-0.3, -0.25) is 10.2 Å². The van der Waals surface area contributed by atoms with Crippen LogP contribution < -0.4 is 11.2 Å². The molecule has 24 heavy (non-hydrogen) atoms. The van der Waals surface area contributed by atoms with Crippen LogP contribution in [0.25, 0.3) is 10.6 Å². The molecule has 0 saturated carbocycles. The highest BCUT2D eigenvalue weighted by atomic mass is 32.1. The molecule has 0 atom stereocenters. The zero-order valence-electron chi connectivity index (χ0n) is 13.9. The lowest BCUT2D eigenvalue weighted by atomic mass is 10.1. The fourth-order valence-electron chi connectivity index (χ4n) is 2.65. The van der Waals surface area contributed by atoms with Crippen molar-refractivity contribution < 1.29 is 4.79 Å². The molecule has 1 aliphatic heterocycles. The molecule has 0 spiro atoms. The fourth-order valence-corrected chi connectivity index (χ4v) is 3.47. The van der Waals surface area contributed by atoms with Crippen LogP contribution >= 0.6 is 11.3 Å². The van der Waals surface area contributed by atoms with Crippen molar-refractivity contribution >= 4 is 17.2 Å². The number of carbonyl (C=O) groups is 1. The molecule has 3 rings (SSSR count). The molecular weight excluding hydrogens is 322 g/mol. The van der Waals surface area contributed by atoms with Gasteiger partial charge in [-0.1, -0.05) is 18.2 Å². The summed E-state index contributed by atoms with van der Waals surface area (Å²) in [6.07, 6.45) is 0.305. The average Bonchev–Trinajstić information content (AvgIpc) is 3.05. The Hall–Kier alpha value is -1.80. The largest absolute Gasteiger partial charge is 0.326 e. The minimum atomic E-state index is -0.00730. The Morgan fingerprint density at radius 1 is 1.33 bits per heavy atom. The number of hydrogen-bond donors (Lipinski definition) is 2. The topological polar surface area (TPSA) is 74.5 Å². The maximum Gasteiger partial charge on any atom is 0.240 e. The summed E-state index contributed by atoms with van der Waals surface area (Å²) in [5.41, 5.74) is 11.6. The van der Waals surface area contributed by atoms with Gasteiger partial charge in [0.1, 0.15) is 5.01 Å². The van der Waals surface area contributed by atoms with Gasteiger partial charge in [-0.2, -0.15) is 0 Å². The quantitative estimate of drug-likeness (QED) is 0.849. The van der Waals surface area contributed by atoms with Crippen LogP contribution in [0.5, 0.6) is 0 Å². The van der Waals surface area contributed by atoms with Crippen LogP contribution in [-0.2, 0) is 17.8 Å². The lowest BCUT2D eigenvalue weighted by Gasteiger charge is -2.32. The normalized spacial score (nSPS) is 16.2. The highest BCUT2D eigenvalue weighted by molar-refractivity contribution is 7.13. The van der Waals surface area contributed by atoms with Crippen molar-refractivity contribution in [2.75, 3.05) is 33.2 Å². The van der Waals surface area contributed by atoms with Crippen molar-refractivity contribution in [1.82, 2.24) is 20.3 Å². The third-order valence-corrected chi connectivity index (χ3v) is 5.03. The van der Waals surface area contributed by atoms with E-state index in [4.69, 9.17) is 5.73 Å². The molecule has 128 valence electrons. The Labute approximate surface area is 146 Å². The number of rotatable bonds is 5. The summed E-state index contributed by atoms with van der Waals surface area (Å²) in [6.45, 7) is 4.17. The average molecular weight is 345 g/mol. The predicted molar refractivity (Wildman–Crippen MR) is 96.4 cm³/mol. The number of likely N-dealkylation sites (N-methyl/N-ethyl adjacent to an activating group) is 1. The molecule has 2 heterocycles. The van der Waals surface area contributed by atoms with Gasteiger partial charge in [0.05, 0.1) is 12.1 Å². The number of thiazole rings is 1. The molecule has 0 bridgehead atoms. The smallest absolute Gasteiger partial charge is 0.240 e. The first-order valence-electron chi connectivity index (χ1n) is 8.11. The fraction of sp³-hybridized carbons (Fsp3) is 0.412. The van der Waals surface area contributed by atoms with Crippen LogP contribution in [0.3, 0.4) is 0 Å². The third-order valence-electron chi connectivity index (χ3n) is 4.09. The van der Waals surface area contributed by atoms with Gasteiger partial charge < -0.3 is 10.6 Å². The van der Waals surface area contributed by atoms with Crippen LogP contribution in [0.1, 0.15) is 11.3 Å². The van der Waals surface area contributed by atoms with Crippen molar-refractivity contribution in [3.05, 3.63) is 40.9 Å². The number of hydrazine groups is 1. The summed E-state index contributed by atoms with van der Waals surface area (Å²) in [6, 6.07) is 8.05. The number of nitrogens with two attached hydrogens (primary N) is 1. The standard InChI is InChI=1S/C17H23N5OS/c1-21-5-7-22(8-6-21)20-16(23)10-15-12-24-17(19-15)14-4-2-3-13(9-14)11-18/h2-4,9,12H,5-8,10-11,18H2,1H3,(H,20,23). The van der Waals surface area contributed by atoms with E-state index >= 15 is 0 Å². The highest BCUT2D eigenvalue weighted by Crippen LogP contribution is 2.24. The van der Waals surface area contributed by atoms with Gasteiger partial charge >= 0.3 is 0 Å². The first-order valence-corrected chi connectivity index (χ1v) is 8.99. The minimum Gasteiger partial charge on any atom is -0.326 e. The molecule has 0 radical (unpaired) electrons. The maximum absolute atomic E-state index is 12.2. The number of carbonyl (C=O) groups excluding carboxylic acids is 1. The van der Waals surface area contributed by atoms with Crippen molar-refractivity contribution in [1.29, 1.82) is 0 Å². The van der Waals surface area contributed by atoms with Crippen molar-refractivity contribution in [2.24, 2.45) is 5.73 Å². The van der Waals surface area contributed by atoms with Gasteiger partial charge in [0.15, 0.2) is 0 Å². The van der Waals surface area contributed by atoms with Gasteiger partial charge in [-0.25, -0.2) is 9.99 Å². The molecule has 1 saturated heterocycles. The number of amides is 1. The summed E-state index contributed by atoms with van der Waals surface area (Å²) in [4.78, 5) is 19.0. The summed E-state index contributed by atoms with van der Waals surface area (Å²) in [5, 5.41) is 4.86. The van der Waals surface area contributed by atoms with E-state index in [9.17, 15) is 4.79 Å². The molecule has 3 N–H and O–H groups in total. The lowest BCUT2D eigenvalue weighted by molar-refractivity contribution is -0.126. The molecule has 1 aromatic heterocycles. The van der Waals surface area contributed by atoms with Crippen LogP contribution in [-0.4, -0.2) is 54.0 Å². The third kappa shape index (κ3) is 4.39. The van der Waals surface area contributed by atoms with E-state index in [0.29, 0.717) is 13.0 Å². The SMILES string of the molecule is CN1CCN(NC(=O)Cc2csc(-c3cccc(CN)c3)n2)CC1. The Morgan fingerprint density at radius 3 is 2.88 bits per heavy atom. The maximum atomic E-state index is 12.2. The van der Waals surface area contributed by atoms with E-state index in [2.05, 4.69) is 22.4 Å². The summed E-state index contributed by atoms with van der Waals surface area (Å²) >= 11 is 1.56. The summed E-state index contributed by atoms with van der Waals surface area (Å²) in [7, 11) is 2.09. The minimum absolute atomic E-state index is 0.00730. The van der Waals surface area contributed by atoms with E-state index in [1.807, 2.05) is 34.7 Å². The van der Waals surface area contributed by atoms with Gasteiger partial charge in [-0.15, -0.1) is 11.3 Å². The second-order valence-electron chi connectivity index (χ2n) is 6.05. The van der Waals surface area contributed by atoms with Crippen molar-refractivity contribution in [2.45, 2.75) is 13.0 Å². The number of aromatic nitrogens is 1. The molecule has 2 aromatic rings. The predicted octanol–water partition coefficient (Wildman–Crippen LogP) is 1.09. The molecule has 0 unspecified atom stereocenters. The number of hydrogen-bond acceptors (Lipinski definition) is 6. The monoisotopic (exact) mass is 345 g/mol. The molecule has 1 aromatic carbocycles. The number of piperazine rings is 1. The molecule has 1 fully saturated rings. The van der Waals surface area contributed by atoms with Crippen molar-refractivity contribution in [3.63, 3.8) is 0 Å². The lowest BCUT2D eigenvalue weighted by Crippen LogP contribution is -2.52. The second-order valence-corrected chi connectivity index (χ2v) is 6.91. The van der Waals surface area contributed by atoms with E-state index in [-0.39, 0.29) is 5.91 Å². The zero-order valence-corrected chi connectivity index (χ0v) is 14.7. The van der Waals surface area contributed by atoms with Gasteiger partial charge in [0.2, 0.25) is 5.91 Å².